The first kappa shape index (κ1) is 13.2. The van der Waals surface area contributed by atoms with Crippen molar-refractivity contribution in [1.82, 2.24) is 0 Å². The van der Waals surface area contributed by atoms with Crippen molar-refractivity contribution >= 4 is 25.8 Å². The van der Waals surface area contributed by atoms with Gasteiger partial charge in [0.15, 0.2) is 9.84 Å². The highest BCUT2D eigenvalue weighted by Crippen LogP contribution is 2.21. The lowest BCUT2D eigenvalue weighted by atomic mass is 10.1. The Bertz CT molecular complexity index is 517. The van der Waals surface area contributed by atoms with Gasteiger partial charge in [0.1, 0.15) is 0 Å². The maximum atomic E-state index is 11.7. The van der Waals surface area contributed by atoms with E-state index in [1.807, 2.05) is 25.1 Å². The van der Waals surface area contributed by atoms with E-state index in [2.05, 4.69) is 15.9 Å². The Hall–Kier alpha value is -0.860. The van der Waals surface area contributed by atoms with Gasteiger partial charge in [-0.2, -0.15) is 5.26 Å². The number of nitrogens with zero attached hydrogens (tertiary/aromatic N) is 1. The van der Waals surface area contributed by atoms with E-state index in [9.17, 15) is 8.42 Å². The second kappa shape index (κ2) is 5.46. The van der Waals surface area contributed by atoms with Crippen molar-refractivity contribution in [3.63, 3.8) is 0 Å². The molecule has 1 rings (SSSR count). The van der Waals surface area contributed by atoms with Crippen LogP contribution >= 0.6 is 15.9 Å². The van der Waals surface area contributed by atoms with Crippen LogP contribution in [0.1, 0.15) is 17.5 Å². The molecule has 5 heteroatoms. The van der Waals surface area contributed by atoms with Crippen molar-refractivity contribution in [3.05, 3.63) is 33.8 Å². The number of hydrogen-bond donors (Lipinski definition) is 0. The fraction of sp³-hybridized carbons (Fsp3) is 0.364. The molecule has 0 heterocycles. The lowest BCUT2D eigenvalue weighted by Crippen LogP contribution is -2.09. The van der Waals surface area contributed by atoms with E-state index in [1.54, 1.807) is 6.07 Å². The van der Waals surface area contributed by atoms with E-state index in [1.165, 1.54) is 0 Å². The van der Waals surface area contributed by atoms with Crippen LogP contribution in [-0.4, -0.2) is 14.2 Å². The standard InChI is InChI=1S/C11H12BrNO2S/c1-9-10(4-2-5-11(9)12)8-16(14,15)7-3-6-13/h2,4-5H,3,7-8H2,1H3. The van der Waals surface area contributed by atoms with E-state index < -0.39 is 9.84 Å². The fourth-order valence-corrected chi connectivity index (χ4v) is 3.06. The molecule has 0 unspecified atom stereocenters. The minimum absolute atomic E-state index is 0.0000463. The van der Waals surface area contributed by atoms with E-state index in [-0.39, 0.29) is 17.9 Å². The molecule has 0 radical (unpaired) electrons. The molecule has 0 amide bonds. The minimum Gasteiger partial charge on any atom is -0.228 e. The van der Waals surface area contributed by atoms with Crippen LogP contribution in [0.3, 0.4) is 0 Å². The third-order valence-corrected chi connectivity index (χ3v) is 4.72. The van der Waals surface area contributed by atoms with Crippen LogP contribution in [0.4, 0.5) is 0 Å². The fourth-order valence-electron chi connectivity index (χ4n) is 1.32. The molecule has 0 bridgehead atoms. The van der Waals surface area contributed by atoms with Gasteiger partial charge in [0.2, 0.25) is 0 Å². The lowest BCUT2D eigenvalue weighted by molar-refractivity contribution is 0.595. The number of hydrogen-bond acceptors (Lipinski definition) is 3. The minimum atomic E-state index is -3.18. The summed E-state index contributed by atoms with van der Waals surface area (Å²) in [5.41, 5.74) is 1.72. The summed E-state index contributed by atoms with van der Waals surface area (Å²) in [5.74, 6) is -0.0740. The highest BCUT2D eigenvalue weighted by atomic mass is 79.9. The molecule has 3 nitrogen and oxygen atoms in total. The van der Waals surface area contributed by atoms with Crippen LogP contribution < -0.4 is 0 Å². The van der Waals surface area contributed by atoms with Gasteiger partial charge in [-0.15, -0.1) is 0 Å². The van der Waals surface area contributed by atoms with Crippen LogP contribution in [0.15, 0.2) is 22.7 Å². The van der Waals surface area contributed by atoms with Gasteiger partial charge in [0.05, 0.1) is 17.6 Å². The van der Waals surface area contributed by atoms with Crippen LogP contribution in [0.5, 0.6) is 0 Å². The molecule has 0 aliphatic carbocycles. The molecule has 0 spiro atoms. The summed E-state index contributed by atoms with van der Waals surface area (Å²) in [5, 5.41) is 8.37. The zero-order valence-corrected chi connectivity index (χ0v) is 11.3. The predicted molar refractivity (Wildman–Crippen MR) is 66.6 cm³/mol. The van der Waals surface area contributed by atoms with Crippen LogP contribution in [-0.2, 0) is 15.6 Å². The molecule has 0 aliphatic heterocycles. The molecule has 86 valence electrons. The lowest BCUT2D eigenvalue weighted by Gasteiger charge is -2.07. The summed E-state index contributed by atoms with van der Waals surface area (Å²) in [7, 11) is -3.18. The number of nitriles is 1. The highest BCUT2D eigenvalue weighted by Gasteiger charge is 2.13. The van der Waals surface area contributed by atoms with Crippen LogP contribution in [0, 0.1) is 18.3 Å². The van der Waals surface area contributed by atoms with Gasteiger partial charge < -0.3 is 0 Å². The Balaban J connectivity index is 2.89. The van der Waals surface area contributed by atoms with Gasteiger partial charge >= 0.3 is 0 Å². The Morgan fingerprint density at radius 2 is 2.12 bits per heavy atom. The quantitative estimate of drug-likeness (QED) is 0.859. The third-order valence-electron chi connectivity index (χ3n) is 2.28. The molecule has 1 aromatic rings. The van der Waals surface area contributed by atoms with Gasteiger partial charge in [-0.05, 0) is 24.1 Å². The number of sulfone groups is 1. The van der Waals surface area contributed by atoms with E-state index in [0.29, 0.717) is 0 Å². The summed E-state index contributed by atoms with van der Waals surface area (Å²) in [6, 6.07) is 7.33. The van der Waals surface area contributed by atoms with Crippen molar-refractivity contribution in [2.45, 2.75) is 19.1 Å². The van der Waals surface area contributed by atoms with Crippen molar-refractivity contribution < 1.29 is 8.42 Å². The second-order valence-corrected chi connectivity index (χ2v) is 6.56. The Morgan fingerprint density at radius 3 is 2.75 bits per heavy atom. The molecule has 1 aromatic carbocycles. The van der Waals surface area contributed by atoms with E-state index >= 15 is 0 Å². The summed E-state index contributed by atoms with van der Waals surface area (Å²) >= 11 is 3.36. The number of halogens is 1. The van der Waals surface area contributed by atoms with Crippen LogP contribution in [0.2, 0.25) is 0 Å². The van der Waals surface area contributed by atoms with Crippen molar-refractivity contribution in [1.29, 1.82) is 5.26 Å². The second-order valence-electron chi connectivity index (χ2n) is 3.52. The van der Waals surface area contributed by atoms with E-state index in [4.69, 9.17) is 5.26 Å². The summed E-state index contributed by atoms with van der Waals surface area (Å²) in [4.78, 5) is 0. The predicted octanol–water partition coefficient (Wildman–Crippen LogP) is 2.59. The summed E-state index contributed by atoms with van der Waals surface area (Å²) < 4.78 is 24.2. The third kappa shape index (κ3) is 3.62. The zero-order chi connectivity index (χ0) is 12.2. The maximum Gasteiger partial charge on any atom is 0.155 e. The molecule has 0 fully saturated rings. The molecule has 0 aliphatic rings. The van der Waals surface area contributed by atoms with Gasteiger partial charge in [0, 0.05) is 10.9 Å². The number of rotatable bonds is 4. The first-order chi connectivity index (χ1) is 7.46. The molecule has 16 heavy (non-hydrogen) atoms. The van der Waals surface area contributed by atoms with Gasteiger partial charge in [-0.25, -0.2) is 8.42 Å². The average molecular weight is 302 g/mol. The largest absolute Gasteiger partial charge is 0.228 e. The number of benzene rings is 1. The van der Waals surface area contributed by atoms with Crippen molar-refractivity contribution in [2.24, 2.45) is 0 Å². The summed E-state index contributed by atoms with van der Waals surface area (Å²) in [6.45, 7) is 1.87. The molecule has 0 atom stereocenters. The van der Waals surface area contributed by atoms with Gasteiger partial charge in [-0.3, -0.25) is 0 Å². The maximum absolute atomic E-state index is 11.7. The van der Waals surface area contributed by atoms with Crippen molar-refractivity contribution in [3.8, 4) is 6.07 Å². The molecule has 0 saturated carbocycles. The molecule has 0 saturated heterocycles. The first-order valence-electron chi connectivity index (χ1n) is 4.77. The molecule has 0 N–H and O–H groups in total. The van der Waals surface area contributed by atoms with Crippen molar-refractivity contribution in [2.75, 3.05) is 5.75 Å². The molecular formula is C11H12BrNO2S. The molecule has 0 aromatic heterocycles. The Labute approximate surface area is 104 Å². The Kier molecular flexibility index (Phi) is 4.51. The van der Waals surface area contributed by atoms with Gasteiger partial charge in [-0.1, -0.05) is 28.1 Å². The van der Waals surface area contributed by atoms with Gasteiger partial charge in [0.25, 0.3) is 0 Å². The topological polar surface area (TPSA) is 57.9 Å². The summed E-state index contributed by atoms with van der Waals surface area (Å²) in [6.07, 6.45) is 0.0510. The Morgan fingerprint density at radius 1 is 1.44 bits per heavy atom. The monoisotopic (exact) mass is 301 g/mol. The molecular weight excluding hydrogens is 290 g/mol. The first-order valence-corrected chi connectivity index (χ1v) is 7.39. The SMILES string of the molecule is Cc1c(Br)cccc1CS(=O)(=O)CCC#N. The van der Waals surface area contributed by atoms with Crippen LogP contribution in [0.25, 0.3) is 0 Å². The normalized spacial score (nSPS) is 11.1. The highest BCUT2D eigenvalue weighted by molar-refractivity contribution is 9.10. The average Bonchev–Trinajstić information content (AvgIpc) is 2.22. The smallest absolute Gasteiger partial charge is 0.155 e. The van der Waals surface area contributed by atoms with E-state index in [0.717, 1.165) is 15.6 Å². The zero-order valence-electron chi connectivity index (χ0n) is 8.90.